The molecule has 2 aliphatic carbocycles. The predicted molar refractivity (Wildman–Crippen MR) is 85.3 cm³/mol. The zero-order valence-corrected chi connectivity index (χ0v) is 14.5. The van der Waals surface area contributed by atoms with E-state index in [1.54, 1.807) is 21.5 Å². The van der Waals surface area contributed by atoms with Crippen LogP contribution < -0.4 is 0 Å². The van der Waals surface area contributed by atoms with Gasteiger partial charge < -0.3 is 0 Å². The lowest BCUT2D eigenvalue weighted by molar-refractivity contribution is 0.929. The molecule has 2 heteroatoms. The van der Waals surface area contributed by atoms with E-state index in [0.717, 1.165) is 0 Å². The second-order valence-electron chi connectivity index (χ2n) is 6.00. The van der Waals surface area contributed by atoms with Gasteiger partial charge in [-0.3, -0.25) is 0 Å². The molecular formula is C16H24Si2. The summed E-state index contributed by atoms with van der Waals surface area (Å²) in [6.45, 7) is 14.2. The van der Waals surface area contributed by atoms with E-state index < -0.39 is 7.89 Å². The van der Waals surface area contributed by atoms with Crippen molar-refractivity contribution in [3.63, 3.8) is 0 Å². The topological polar surface area (TPSA) is 0 Å². The third kappa shape index (κ3) is 2.55. The van der Waals surface area contributed by atoms with Gasteiger partial charge in [-0.15, -0.1) is 0 Å². The number of allylic oxidation sites excluding steroid dienone is 8. The summed E-state index contributed by atoms with van der Waals surface area (Å²) < 4.78 is 0. The Hall–Kier alpha value is -0.606. The van der Waals surface area contributed by atoms with Crippen molar-refractivity contribution in [2.24, 2.45) is 5.92 Å². The minimum Gasteiger partial charge on any atom is -0.0748 e. The lowest BCUT2D eigenvalue weighted by atomic mass is 10.2. The quantitative estimate of drug-likeness (QED) is 0.645. The fourth-order valence-corrected chi connectivity index (χ4v) is 11.8. The molecule has 2 aliphatic rings. The van der Waals surface area contributed by atoms with E-state index in [0.29, 0.717) is 5.92 Å². The van der Waals surface area contributed by atoms with Crippen LogP contribution in [0.3, 0.4) is 0 Å². The van der Waals surface area contributed by atoms with Crippen LogP contribution in [0.4, 0.5) is 0 Å². The van der Waals surface area contributed by atoms with Gasteiger partial charge >= 0.3 is 0 Å². The second kappa shape index (κ2) is 5.18. The number of hydrogen-bond acceptors (Lipinski definition) is 0. The van der Waals surface area contributed by atoms with Crippen molar-refractivity contribution in [1.29, 1.82) is 0 Å². The third-order valence-electron chi connectivity index (χ3n) is 3.87. The molecule has 96 valence electrons. The van der Waals surface area contributed by atoms with Gasteiger partial charge in [0.15, 0.2) is 0 Å². The highest BCUT2D eigenvalue weighted by Gasteiger charge is 2.24. The first-order chi connectivity index (χ1) is 8.40. The van der Waals surface area contributed by atoms with Gasteiger partial charge in [0, 0.05) is 7.89 Å². The van der Waals surface area contributed by atoms with Crippen molar-refractivity contribution in [3.05, 3.63) is 45.3 Å². The summed E-state index contributed by atoms with van der Waals surface area (Å²) in [5.41, 5.74) is 4.61. The Morgan fingerprint density at radius 3 is 2.17 bits per heavy atom. The molecule has 1 unspecified atom stereocenters. The zero-order valence-electron chi connectivity index (χ0n) is 12.5. The van der Waals surface area contributed by atoms with Crippen LogP contribution in [-0.4, -0.2) is 15.8 Å². The van der Waals surface area contributed by atoms with Gasteiger partial charge in [-0.05, 0) is 41.0 Å². The van der Waals surface area contributed by atoms with Gasteiger partial charge in [0.2, 0.25) is 0 Å². The molecule has 0 aromatic carbocycles. The Labute approximate surface area is 114 Å². The Balaban J connectivity index is 2.44. The van der Waals surface area contributed by atoms with E-state index in [1.807, 2.05) is 0 Å². The van der Waals surface area contributed by atoms with Crippen molar-refractivity contribution in [3.8, 4) is 0 Å². The molecule has 18 heavy (non-hydrogen) atoms. The van der Waals surface area contributed by atoms with E-state index in [-0.39, 0.29) is 7.89 Å². The number of hydrogen-bond donors (Lipinski definition) is 0. The second-order valence-corrected chi connectivity index (χ2v) is 14.4. The van der Waals surface area contributed by atoms with Crippen molar-refractivity contribution in [1.82, 2.24) is 0 Å². The minimum atomic E-state index is -0.441. The molecule has 1 atom stereocenters. The maximum absolute atomic E-state index is 2.51. The Morgan fingerprint density at radius 1 is 1.11 bits per heavy atom. The maximum Gasteiger partial charge on any atom is 0.0484 e. The first-order valence-corrected chi connectivity index (χ1v) is 11.8. The SMILES string of the molecule is CC1=CC(C)C([Si](C2=C(C)C=C(C)C2)=[Si](C)C)=C1. The van der Waals surface area contributed by atoms with E-state index in [1.165, 1.54) is 12.0 Å². The predicted octanol–water partition coefficient (Wildman–Crippen LogP) is 4.58. The van der Waals surface area contributed by atoms with E-state index in [2.05, 4.69) is 59.0 Å². The maximum atomic E-state index is 2.51. The first kappa shape index (κ1) is 13.8. The molecule has 0 aromatic rings. The van der Waals surface area contributed by atoms with Gasteiger partial charge in [-0.2, -0.15) is 0 Å². The first-order valence-electron chi connectivity index (χ1n) is 6.85. The highest BCUT2D eigenvalue weighted by molar-refractivity contribution is 7.02. The van der Waals surface area contributed by atoms with Gasteiger partial charge in [-0.1, -0.05) is 65.4 Å². The van der Waals surface area contributed by atoms with Crippen LogP contribution in [0.2, 0.25) is 13.1 Å². The highest BCUT2D eigenvalue weighted by Crippen LogP contribution is 2.32. The van der Waals surface area contributed by atoms with Crippen LogP contribution in [0.15, 0.2) is 45.3 Å². The molecule has 2 rings (SSSR count). The molecule has 0 heterocycles. The molecular weight excluding hydrogens is 248 g/mol. The molecule has 0 N–H and O–H groups in total. The Bertz CT molecular complexity index is 535. The lowest BCUT2D eigenvalue weighted by Gasteiger charge is -2.17. The summed E-state index contributed by atoms with van der Waals surface area (Å²) in [7, 11) is -0.682. The molecule has 0 aromatic heterocycles. The van der Waals surface area contributed by atoms with Gasteiger partial charge in [0.05, 0.1) is 0 Å². The zero-order chi connectivity index (χ0) is 13.4. The summed E-state index contributed by atoms with van der Waals surface area (Å²) in [6.07, 6.45) is 8.59. The average molecular weight is 273 g/mol. The normalized spacial score (nSPS) is 23.0. The Morgan fingerprint density at radius 2 is 1.78 bits per heavy atom. The Kier molecular flexibility index (Phi) is 3.97. The monoisotopic (exact) mass is 272 g/mol. The van der Waals surface area contributed by atoms with Crippen LogP contribution >= 0.6 is 0 Å². The summed E-state index contributed by atoms with van der Waals surface area (Å²) in [6, 6.07) is 0. The van der Waals surface area contributed by atoms with Crippen LogP contribution in [-0.2, 0) is 0 Å². The van der Waals surface area contributed by atoms with Crippen LogP contribution in [0.1, 0.15) is 34.1 Å². The summed E-state index contributed by atoms with van der Waals surface area (Å²) in [4.78, 5) is 0. The molecule has 0 bridgehead atoms. The lowest BCUT2D eigenvalue weighted by Crippen LogP contribution is -2.22. The largest absolute Gasteiger partial charge is 0.0748 e. The van der Waals surface area contributed by atoms with Crippen LogP contribution in [0.5, 0.6) is 0 Å². The molecule has 0 nitrogen and oxygen atoms in total. The molecule has 0 amide bonds. The van der Waals surface area contributed by atoms with Gasteiger partial charge in [0.25, 0.3) is 0 Å². The van der Waals surface area contributed by atoms with Crippen molar-refractivity contribution in [2.75, 3.05) is 0 Å². The summed E-state index contributed by atoms with van der Waals surface area (Å²) >= 11 is 0. The van der Waals surface area contributed by atoms with Crippen LogP contribution in [0, 0.1) is 5.92 Å². The molecule has 0 aliphatic heterocycles. The van der Waals surface area contributed by atoms with Crippen molar-refractivity contribution in [2.45, 2.75) is 47.2 Å². The molecule has 0 fully saturated rings. The summed E-state index contributed by atoms with van der Waals surface area (Å²) in [5, 5.41) is 3.58. The van der Waals surface area contributed by atoms with E-state index in [9.17, 15) is 0 Å². The van der Waals surface area contributed by atoms with E-state index in [4.69, 9.17) is 0 Å². The standard InChI is InChI=1S/C16H24Si2/c1-11-7-13(3)15(9-11)18(17(5)6)16-10-12(2)8-14(16)4/h7-9,13H,10H2,1-6H3. The molecule has 0 saturated carbocycles. The molecule has 0 spiro atoms. The fourth-order valence-electron chi connectivity index (χ4n) is 3.19. The molecule has 0 radical (unpaired) electrons. The average Bonchev–Trinajstić information content (AvgIpc) is 2.71. The smallest absolute Gasteiger partial charge is 0.0484 e. The fraction of sp³-hybridized carbons (Fsp3) is 0.500. The van der Waals surface area contributed by atoms with Gasteiger partial charge in [0.1, 0.15) is 0 Å². The number of rotatable bonds is 2. The van der Waals surface area contributed by atoms with Crippen molar-refractivity contribution < 1.29 is 0 Å². The minimum absolute atomic E-state index is 0.241. The van der Waals surface area contributed by atoms with Crippen LogP contribution in [0.25, 0.3) is 0 Å². The summed E-state index contributed by atoms with van der Waals surface area (Å²) in [5.74, 6) is 0.681. The van der Waals surface area contributed by atoms with Crippen molar-refractivity contribution >= 4 is 15.8 Å². The third-order valence-corrected chi connectivity index (χ3v) is 12.0. The highest BCUT2D eigenvalue weighted by atomic mass is 28.9. The molecule has 0 saturated heterocycles. The van der Waals surface area contributed by atoms with E-state index >= 15 is 0 Å². The van der Waals surface area contributed by atoms with Gasteiger partial charge in [-0.25, -0.2) is 0 Å².